The summed E-state index contributed by atoms with van der Waals surface area (Å²) in [5, 5.41) is 7.29. The molecular formula is C27H35N5O3S. The molecule has 2 saturated heterocycles. The van der Waals surface area contributed by atoms with Gasteiger partial charge in [0.05, 0.1) is 4.90 Å². The number of aromatic nitrogens is 1. The number of carbonyl (C=O) groups excluding carboxylic acids is 1. The van der Waals surface area contributed by atoms with Crippen molar-refractivity contribution >= 4 is 38.2 Å². The van der Waals surface area contributed by atoms with Crippen LogP contribution in [0.25, 0.3) is 10.9 Å². The first-order valence-corrected chi connectivity index (χ1v) is 14.3. The smallest absolute Gasteiger partial charge is 0.247 e. The van der Waals surface area contributed by atoms with Gasteiger partial charge in [0, 0.05) is 67.7 Å². The van der Waals surface area contributed by atoms with Gasteiger partial charge in [-0.15, -0.1) is 0 Å². The number of piperazine rings is 1. The number of benzene rings is 2. The molecule has 0 aliphatic carbocycles. The summed E-state index contributed by atoms with van der Waals surface area (Å²) in [6.07, 6.45) is 4.74. The molecule has 0 radical (unpaired) electrons. The number of aryl methyl sites for hydroxylation is 1. The van der Waals surface area contributed by atoms with Crippen LogP contribution in [0.4, 0.5) is 11.4 Å². The third-order valence-electron chi connectivity index (χ3n) is 7.40. The van der Waals surface area contributed by atoms with Crippen LogP contribution in [0.5, 0.6) is 0 Å². The van der Waals surface area contributed by atoms with Gasteiger partial charge in [0.15, 0.2) is 0 Å². The van der Waals surface area contributed by atoms with Gasteiger partial charge >= 0.3 is 0 Å². The molecule has 0 bridgehead atoms. The maximum absolute atomic E-state index is 13.3. The second kappa shape index (κ2) is 10.2. The minimum atomic E-state index is -3.50. The van der Waals surface area contributed by atoms with E-state index >= 15 is 0 Å². The molecule has 2 fully saturated rings. The van der Waals surface area contributed by atoms with E-state index in [0.29, 0.717) is 18.0 Å². The number of fused-ring (bicyclic) bond motifs is 1. The summed E-state index contributed by atoms with van der Waals surface area (Å²) in [5.74, 6) is -0.113. The van der Waals surface area contributed by atoms with Crippen molar-refractivity contribution in [3.8, 4) is 0 Å². The fourth-order valence-corrected chi connectivity index (χ4v) is 6.68. The molecule has 0 spiro atoms. The predicted molar refractivity (Wildman–Crippen MR) is 144 cm³/mol. The zero-order valence-electron chi connectivity index (χ0n) is 21.0. The van der Waals surface area contributed by atoms with E-state index < -0.39 is 16.1 Å². The molecule has 1 aromatic heterocycles. The summed E-state index contributed by atoms with van der Waals surface area (Å²) in [5.41, 5.74) is 3.77. The molecule has 2 aliphatic rings. The molecule has 2 aliphatic heterocycles. The van der Waals surface area contributed by atoms with E-state index in [4.69, 9.17) is 0 Å². The second-order valence-electron chi connectivity index (χ2n) is 9.81. The summed E-state index contributed by atoms with van der Waals surface area (Å²) in [6.45, 7) is 8.81. The van der Waals surface area contributed by atoms with Crippen LogP contribution < -0.4 is 15.5 Å². The summed E-state index contributed by atoms with van der Waals surface area (Å²) in [4.78, 5) is 15.9. The number of sulfonamides is 1. The molecule has 8 nitrogen and oxygen atoms in total. The maximum atomic E-state index is 13.3. The fourth-order valence-electron chi connectivity index (χ4n) is 5.12. The molecule has 0 saturated carbocycles. The largest absolute Gasteiger partial charge is 0.369 e. The molecule has 1 atom stereocenters. The zero-order valence-corrected chi connectivity index (χ0v) is 21.9. The Bertz CT molecular complexity index is 1350. The van der Waals surface area contributed by atoms with Gasteiger partial charge in [-0.1, -0.05) is 12.5 Å². The molecule has 1 amide bonds. The zero-order chi connectivity index (χ0) is 25.3. The van der Waals surface area contributed by atoms with E-state index in [9.17, 15) is 13.2 Å². The highest BCUT2D eigenvalue weighted by atomic mass is 32.2. The van der Waals surface area contributed by atoms with Gasteiger partial charge in [0.2, 0.25) is 15.9 Å². The molecule has 2 aromatic carbocycles. The topological polar surface area (TPSA) is 86.7 Å². The van der Waals surface area contributed by atoms with Crippen LogP contribution in [0, 0.1) is 6.92 Å². The highest BCUT2D eigenvalue weighted by Crippen LogP contribution is 2.28. The molecule has 2 N–H and O–H groups in total. The van der Waals surface area contributed by atoms with Crippen molar-refractivity contribution in [1.29, 1.82) is 0 Å². The van der Waals surface area contributed by atoms with E-state index in [0.717, 1.165) is 73.3 Å². The number of carbonyl (C=O) groups is 1. The summed E-state index contributed by atoms with van der Waals surface area (Å²) >= 11 is 0. The van der Waals surface area contributed by atoms with Crippen molar-refractivity contribution in [2.45, 2.75) is 44.0 Å². The van der Waals surface area contributed by atoms with Crippen molar-refractivity contribution in [2.24, 2.45) is 0 Å². The van der Waals surface area contributed by atoms with Gasteiger partial charge < -0.3 is 20.1 Å². The standard InChI is InChI=1S/C27H35N5O3S/c1-20-6-7-23(30-16-11-28-12-17-30)19-25(20)29-27(33)21(2)32-15-10-22-18-24(8-9-26(22)32)36(34,35)31-13-4-3-5-14-31/h6-10,15,18-19,21,28H,3-5,11-14,16-17H2,1-2H3,(H,29,33). The first-order chi connectivity index (χ1) is 17.3. The highest BCUT2D eigenvalue weighted by molar-refractivity contribution is 7.89. The van der Waals surface area contributed by atoms with Crippen molar-refractivity contribution in [3.05, 3.63) is 54.2 Å². The first-order valence-electron chi connectivity index (χ1n) is 12.8. The van der Waals surface area contributed by atoms with Crippen LogP contribution in [0.15, 0.2) is 53.6 Å². The molecular weight excluding hydrogens is 474 g/mol. The number of nitrogens with zero attached hydrogens (tertiary/aromatic N) is 3. The summed E-state index contributed by atoms with van der Waals surface area (Å²) < 4.78 is 29.7. The average Bonchev–Trinajstić information content (AvgIpc) is 3.34. The number of amides is 1. The SMILES string of the molecule is Cc1ccc(N2CCNCC2)cc1NC(=O)C(C)n1ccc2cc(S(=O)(=O)N3CCCCC3)ccc21. The van der Waals surface area contributed by atoms with Crippen molar-refractivity contribution < 1.29 is 13.2 Å². The van der Waals surface area contributed by atoms with Crippen molar-refractivity contribution in [2.75, 3.05) is 49.5 Å². The lowest BCUT2D eigenvalue weighted by Crippen LogP contribution is -2.43. The van der Waals surface area contributed by atoms with Crippen LogP contribution >= 0.6 is 0 Å². The number of anilines is 2. The van der Waals surface area contributed by atoms with Gasteiger partial charge in [-0.25, -0.2) is 8.42 Å². The number of hydrogen-bond acceptors (Lipinski definition) is 5. The van der Waals surface area contributed by atoms with Gasteiger partial charge in [-0.3, -0.25) is 4.79 Å². The van der Waals surface area contributed by atoms with E-state index in [1.807, 2.05) is 42.8 Å². The third kappa shape index (κ3) is 4.87. The van der Waals surface area contributed by atoms with Crippen LogP contribution in [-0.4, -0.2) is 62.5 Å². The van der Waals surface area contributed by atoms with Gasteiger partial charge in [0.1, 0.15) is 6.04 Å². The third-order valence-corrected chi connectivity index (χ3v) is 9.30. The van der Waals surface area contributed by atoms with Gasteiger partial charge in [-0.2, -0.15) is 4.31 Å². The van der Waals surface area contributed by atoms with Gasteiger partial charge in [-0.05, 0) is 68.7 Å². The lowest BCUT2D eigenvalue weighted by Gasteiger charge is -2.30. The molecule has 36 heavy (non-hydrogen) atoms. The molecule has 3 aromatic rings. The lowest BCUT2D eigenvalue weighted by molar-refractivity contribution is -0.118. The second-order valence-corrected chi connectivity index (χ2v) is 11.7. The van der Waals surface area contributed by atoms with Crippen LogP contribution in [-0.2, 0) is 14.8 Å². The Balaban J connectivity index is 1.35. The number of rotatable bonds is 6. The first kappa shape index (κ1) is 24.8. The minimum Gasteiger partial charge on any atom is -0.369 e. The average molecular weight is 510 g/mol. The number of nitrogens with one attached hydrogen (secondary N) is 2. The molecule has 192 valence electrons. The van der Waals surface area contributed by atoms with Crippen molar-refractivity contribution in [3.63, 3.8) is 0 Å². The Morgan fingerprint density at radius 3 is 2.47 bits per heavy atom. The minimum absolute atomic E-state index is 0.113. The number of hydrogen-bond donors (Lipinski definition) is 2. The monoisotopic (exact) mass is 509 g/mol. The number of piperidine rings is 1. The maximum Gasteiger partial charge on any atom is 0.247 e. The van der Waals surface area contributed by atoms with E-state index in [2.05, 4.69) is 27.7 Å². The quantitative estimate of drug-likeness (QED) is 0.529. The Morgan fingerprint density at radius 1 is 0.972 bits per heavy atom. The Kier molecular flexibility index (Phi) is 7.05. The normalized spacial score (nSPS) is 18.3. The molecule has 3 heterocycles. The Morgan fingerprint density at radius 2 is 1.72 bits per heavy atom. The van der Waals surface area contributed by atoms with E-state index in [1.165, 1.54) is 0 Å². The highest BCUT2D eigenvalue weighted by Gasteiger charge is 2.27. The van der Waals surface area contributed by atoms with Crippen LogP contribution in [0.3, 0.4) is 0 Å². The summed E-state index contributed by atoms with van der Waals surface area (Å²) in [6, 6.07) is 12.8. The van der Waals surface area contributed by atoms with Crippen LogP contribution in [0.2, 0.25) is 0 Å². The Labute approximate surface area is 213 Å². The predicted octanol–water partition coefficient (Wildman–Crippen LogP) is 3.73. The molecule has 5 rings (SSSR count). The van der Waals surface area contributed by atoms with Crippen LogP contribution in [0.1, 0.15) is 37.8 Å². The van der Waals surface area contributed by atoms with Gasteiger partial charge in [0.25, 0.3) is 0 Å². The Hall–Kier alpha value is -2.88. The molecule has 9 heteroatoms. The molecule has 1 unspecified atom stereocenters. The van der Waals surface area contributed by atoms with Crippen molar-refractivity contribution in [1.82, 2.24) is 14.2 Å². The van der Waals surface area contributed by atoms with E-state index in [-0.39, 0.29) is 5.91 Å². The van der Waals surface area contributed by atoms with E-state index in [1.54, 1.807) is 16.4 Å². The fraction of sp³-hybridized carbons (Fsp3) is 0.444. The summed E-state index contributed by atoms with van der Waals surface area (Å²) in [7, 11) is -3.50. The lowest BCUT2D eigenvalue weighted by atomic mass is 10.1.